The van der Waals surface area contributed by atoms with Crippen molar-refractivity contribution in [2.75, 3.05) is 7.11 Å². The van der Waals surface area contributed by atoms with Gasteiger partial charge in [-0.1, -0.05) is 103 Å². The zero-order valence-corrected chi connectivity index (χ0v) is 38.4. The van der Waals surface area contributed by atoms with E-state index in [9.17, 15) is 13.2 Å². The Hall–Kier alpha value is -1.57. The molecule has 0 spiro atoms. The Bertz CT molecular complexity index is 1480. The number of unbranched alkanes of at least 4 members (excludes halogenated alkanes) is 1. The summed E-state index contributed by atoms with van der Waals surface area (Å²) in [7, 11) is -6.87. The molecule has 0 radical (unpaired) electrons. The Kier molecular flexibility index (Phi) is 16.1. The number of ether oxygens (including phenoxy) is 1. The van der Waals surface area contributed by atoms with E-state index >= 15 is 0 Å². The summed E-state index contributed by atoms with van der Waals surface area (Å²) in [5.41, 5.74) is 1.20. The molecule has 0 N–H and O–H groups in total. The normalized spacial score (nSPS) is 23.4. The summed E-state index contributed by atoms with van der Waals surface area (Å²) in [5, 5.41) is 0.101. The topological polar surface area (TPSA) is 88.1 Å². The van der Waals surface area contributed by atoms with E-state index in [2.05, 4.69) is 99.0 Å². The number of esters is 1. The molecule has 1 aromatic carbocycles. The molecule has 0 aromatic heterocycles. The second-order valence-electron chi connectivity index (χ2n) is 19.0. The molecule has 3 rings (SSSR count). The van der Waals surface area contributed by atoms with E-state index in [-0.39, 0.29) is 50.4 Å². The number of rotatable bonds is 19. The highest BCUT2D eigenvalue weighted by molar-refractivity contribution is 7.86. The van der Waals surface area contributed by atoms with Crippen LogP contribution in [0, 0.1) is 24.2 Å². The molecule has 2 saturated carbocycles. The number of hydrogen-bond acceptors (Lipinski definition) is 7. The van der Waals surface area contributed by atoms with Gasteiger partial charge in [-0.15, -0.1) is 0 Å². The summed E-state index contributed by atoms with van der Waals surface area (Å²) in [6.07, 6.45) is 18.1. The lowest BCUT2D eigenvalue weighted by atomic mass is 9.62. The average Bonchev–Trinajstić information content (AvgIpc) is 3.32. The van der Waals surface area contributed by atoms with Gasteiger partial charge in [-0.25, -0.2) is 0 Å². The molecule has 7 nitrogen and oxygen atoms in total. The maximum absolute atomic E-state index is 13.8. The van der Waals surface area contributed by atoms with Gasteiger partial charge >= 0.3 is 5.97 Å². The summed E-state index contributed by atoms with van der Waals surface area (Å²) in [4.78, 5) is 11.9. The van der Waals surface area contributed by atoms with Gasteiger partial charge in [0.25, 0.3) is 10.1 Å². The molecule has 0 aliphatic heterocycles. The zero-order valence-electron chi connectivity index (χ0n) is 35.5. The van der Waals surface area contributed by atoms with Crippen LogP contribution in [0.15, 0.2) is 53.5 Å². The van der Waals surface area contributed by atoms with E-state index in [4.69, 9.17) is 17.8 Å². The number of carbonyl (C=O) groups is 1. The maximum Gasteiger partial charge on any atom is 0.305 e. The summed E-state index contributed by atoms with van der Waals surface area (Å²) in [6, 6.07) is 6.88. The monoisotopic (exact) mass is 790 g/mol. The van der Waals surface area contributed by atoms with Gasteiger partial charge in [0.05, 0.1) is 30.3 Å². The minimum Gasteiger partial charge on any atom is -0.469 e. The lowest BCUT2D eigenvalue weighted by molar-refractivity contribution is -0.140. The molecule has 302 valence electrons. The van der Waals surface area contributed by atoms with Crippen LogP contribution in [0.25, 0.3) is 0 Å². The van der Waals surface area contributed by atoms with Gasteiger partial charge in [0, 0.05) is 18.8 Å². The van der Waals surface area contributed by atoms with Crippen molar-refractivity contribution >= 4 is 32.7 Å². The fourth-order valence-corrected chi connectivity index (χ4v) is 11.3. The molecule has 0 amide bonds. The van der Waals surface area contributed by atoms with Crippen LogP contribution in [0.4, 0.5) is 0 Å². The van der Waals surface area contributed by atoms with Crippen LogP contribution in [0.1, 0.15) is 125 Å². The van der Waals surface area contributed by atoms with E-state index in [1.807, 2.05) is 19.1 Å². The molecule has 1 unspecified atom stereocenters. The largest absolute Gasteiger partial charge is 0.469 e. The van der Waals surface area contributed by atoms with Gasteiger partial charge in [0.2, 0.25) is 0 Å². The lowest BCUT2D eigenvalue weighted by Gasteiger charge is -2.51. The van der Waals surface area contributed by atoms with Gasteiger partial charge in [-0.2, -0.15) is 8.42 Å². The molecule has 5 atom stereocenters. The molecular weight excluding hydrogens is 717 g/mol. The molecule has 0 saturated heterocycles. The van der Waals surface area contributed by atoms with Crippen LogP contribution in [-0.2, 0) is 32.7 Å². The Labute approximate surface area is 326 Å². The SMILES string of the molecule is CCCC1(C(C/C=C/[C@@H]2[C@@H](C/C=C\CCCC(=O)OC)[C@H](OS(=O)(=O)c3ccc(C)cc3)C[C@H]2O[Si](C)(C)C(C)(C)C)O[Si](C)(C)C(C)(C)C)CCC1. The fourth-order valence-electron chi connectivity index (χ4n) is 7.39. The Morgan fingerprint density at radius 1 is 0.943 bits per heavy atom. The van der Waals surface area contributed by atoms with Crippen LogP contribution in [0.5, 0.6) is 0 Å². The number of hydrogen-bond donors (Lipinski definition) is 0. The summed E-state index contributed by atoms with van der Waals surface area (Å²) >= 11 is 0. The molecule has 1 aromatic rings. The van der Waals surface area contributed by atoms with Crippen molar-refractivity contribution in [3.8, 4) is 0 Å². The van der Waals surface area contributed by atoms with Crippen molar-refractivity contribution in [1.29, 1.82) is 0 Å². The predicted molar refractivity (Wildman–Crippen MR) is 224 cm³/mol. The van der Waals surface area contributed by atoms with Gasteiger partial charge in [-0.05, 0) is 112 Å². The number of carbonyl (C=O) groups excluding carboxylic acids is 1. The molecule has 10 heteroatoms. The Morgan fingerprint density at radius 3 is 2.09 bits per heavy atom. The Morgan fingerprint density at radius 2 is 1.57 bits per heavy atom. The number of methoxy groups -OCH3 is 1. The molecule has 2 aliphatic carbocycles. The first-order chi connectivity index (χ1) is 24.5. The van der Waals surface area contributed by atoms with Crippen LogP contribution in [-0.4, -0.2) is 56.4 Å². The number of benzene rings is 1. The first-order valence-electron chi connectivity index (χ1n) is 20.2. The molecule has 0 heterocycles. The first-order valence-corrected chi connectivity index (χ1v) is 27.4. The van der Waals surface area contributed by atoms with Crippen molar-refractivity contribution in [2.24, 2.45) is 17.3 Å². The van der Waals surface area contributed by atoms with Crippen LogP contribution < -0.4 is 0 Å². The van der Waals surface area contributed by atoms with Crippen molar-refractivity contribution < 1.29 is 31.0 Å². The number of allylic oxidation sites excluding steroid dienone is 2. The molecule has 0 bridgehead atoms. The van der Waals surface area contributed by atoms with Gasteiger partial charge in [0.1, 0.15) is 0 Å². The smallest absolute Gasteiger partial charge is 0.305 e. The van der Waals surface area contributed by atoms with E-state index in [1.54, 1.807) is 12.1 Å². The van der Waals surface area contributed by atoms with E-state index in [1.165, 1.54) is 32.8 Å². The van der Waals surface area contributed by atoms with Crippen molar-refractivity contribution in [3.63, 3.8) is 0 Å². The van der Waals surface area contributed by atoms with Crippen molar-refractivity contribution in [2.45, 2.75) is 185 Å². The highest BCUT2D eigenvalue weighted by Gasteiger charge is 2.50. The average molecular weight is 791 g/mol. The maximum atomic E-state index is 13.8. The quantitative estimate of drug-likeness (QED) is 0.0453. The Balaban J connectivity index is 2.03. The molecular formula is C43H74O7SSi2. The molecule has 53 heavy (non-hydrogen) atoms. The van der Waals surface area contributed by atoms with Gasteiger partial charge in [-0.3, -0.25) is 8.98 Å². The van der Waals surface area contributed by atoms with Crippen molar-refractivity contribution in [1.82, 2.24) is 0 Å². The van der Waals surface area contributed by atoms with Gasteiger partial charge < -0.3 is 13.6 Å². The third kappa shape index (κ3) is 12.2. The standard InChI is InChI=1S/C43H74O7SSi2/c1-14-29-43(30-20-31-43)39(50-53(12,13)42(6,7)8)23-19-22-36-35(21-17-15-16-18-24-40(44)47-9)37(32-38(36)49-52(10,11)41(3,4)5)48-51(45,46)34-27-25-33(2)26-28-34/h15,17,19,22,25-28,35-39H,14,16,18,20-21,23-24,29-32H2,1-13H3/b17-15-,22-19+/t35-,36-,37-,38-,39?/m1/s1. The van der Waals surface area contributed by atoms with Crippen LogP contribution >= 0.6 is 0 Å². The third-order valence-corrected chi connectivity index (χ3v) is 23.3. The second kappa shape index (κ2) is 18.6. The van der Waals surface area contributed by atoms with E-state index in [0.29, 0.717) is 25.7 Å². The van der Waals surface area contributed by atoms with Crippen LogP contribution in [0.2, 0.25) is 36.3 Å². The zero-order chi connectivity index (χ0) is 39.9. The second-order valence-corrected chi connectivity index (χ2v) is 30.1. The minimum absolute atomic E-state index is 0.0118. The predicted octanol–water partition coefficient (Wildman–Crippen LogP) is 11.7. The minimum atomic E-state index is -4.01. The summed E-state index contributed by atoms with van der Waals surface area (Å²) in [6.45, 7) is 27.2. The van der Waals surface area contributed by atoms with Crippen molar-refractivity contribution in [3.05, 3.63) is 54.1 Å². The highest BCUT2D eigenvalue weighted by atomic mass is 32.2. The third-order valence-electron chi connectivity index (χ3n) is 13.0. The van der Waals surface area contributed by atoms with E-state index in [0.717, 1.165) is 24.8 Å². The van der Waals surface area contributed by atoms with Crippen LogP contribution in [0.3, 0.4) is 0 Å². The highest BCUT2D eigenvalue weighted by Crippen LogP contribution is 2.52. The summed E-state index contributed by atoms with van der Waals surface area (Å²) < 4.78 is 53.1. The molecule has 2 aliphatic rings. The molecule has 2 fully saturated rings. The van der Waals surface area contributed by atoms with Gasteiger partial charge in [0.15, 0.2) is 16.6 Å². The number of aryl methyl sites for hydroxylation is 1. The van der Waals surface area contributed by atoms with E-state index < -0.39 is 32.9 Å². The fraction of sp³-hybridized carbons (Fsp3) is 0.744. The first kappa shape index (κ1) is 45.8. The lowest BCUT2D eigenvalue weighted by Crippen LogP contribution is -2.51. The summed E-state index contributed by atoms with van der Waals surface area (Å²) in [5.74, 6) is -0.372.